The molecule has 0 amide bonds. The molecule has 0 bridgehead atoms. The van der Waals surface area contributed by atoms with E-state index in [-0.39, 0.29) is 0 Å². The first kappa shape index (κ1) is 19.1. The van der Waals surface area contributed by atoms with Crippen LogP contribution in [0.3, 0.4) is 0 Å². The Morgan fingerprint density at radius 2 is 1.28 bits per heavy atom. The minimum Gasteiger partial charge on any atom is -0.491 e. The van der Waals surface area contributed by atoms with Crippen LogP contribution in [0.1, 0.15) is 15.9 Å². The quantitative estimate of drug-likeness (QED) is 0.413. The van der Waals surface area contributed by atoms with Gasteiger partial charge in [-0.1, -0.05) is 30.3 Å². The average molecular weight is 344 g/mol. The van der Waals surface area contributed by atoms with Crippen molar-refractivity contribution in [2.24, 2.45) is 0 Å². The van der Waals surface area contributed by atoms with Crippen LogP contribution in [0.4, 0.5) is 0 Å². The van der Waals surface area contributed by atoms with Gasteiger partial charge in [-0.25, -0.2) is 0 Å². The summed E-state index contributed by atoms with van der Waals surface area (Å²) in [5, 5.41) is 0. The SMILES string of the molecule is O=Cc1ccc(OCCOCCOCCOCc2ccccc2)cc1. The van der Waals surface area contributed by atoms with Crippen LogP contribution >= 0.6 is 0 Å². The Kier molecular flexibility index (Phi) is 9.33. The normalized spacial score (nSPS) is 10.6. The van der Waals surface area contributed by atoms with Crippen molar-refractivity contribution in [1.29, 1.82) is 0 Å². The Morgan fingerprint density at radius 3 is 1.92 bits per heavy atom. The van der Waals surface area contributed by atoms with Gasteiger partial charge in [0.2, 0.25) is 0 Å². The van der Waals surface area contributed by atoms with Crippen molar-refractivity contribution in [3.63, 3.8) is 0 Å². The van der Waals surface area contributed by atoms with E-state index in [1.807, 2.05) is 30.3 Å². The van der Waals surface area contributed by atoms with Crippen molar-refractivity contribution in [3.05, 3.63) is 65.7 Å². The molecule has 0 unspecified atom stereocenters. The Bertz CT molecular complexity index is 583. The topological polar surface area (TPSA) is 54.0 Å². The lowest BCUT2D eigenvalue weighted by Gasteiger charge is -2.08. The zero-order valence-electron chi connectivity index (χ0n) is 14.3. The Hall–Kier alpha value is -2.21. The van der Waals surface area contributed by atoms with Crippen LogP contribution in [0.15, 0.2) is 54.6 Å². The molecule has 0 aromatic heterocycles. The highest BCUT2D eigenvalue weighted by molar-refractivity contribution is 5.74. The Morgan fingerprint density at radius 1 is 0.680 bits per heavy atom. The van der Waals surface area contributed by atoms with Crippen molar-refractivity contribution in [2.45, 2.75) is 6.61 Å². The summed E-state index contributed by atoms with van der Waals surface area (Å²) in [7, 11) is 0. The Labute approximate surface area is 148 Å². The molecule has 0 N–H and O–H groups in total. The molecular weight excluding hydrogens is 320 g/mol. The summed E-state index contributed by atoms with van der Waals surface area (Å²) in [5.41, 5.74) is 1.79. The summed E-state index contributed by atoms with van der Waals surface area (Å²) in [6, 6.07) is 17.0. The fourth-order valence-electron chi connectivity index (χ4n) is 2.07. The molecule has 0 fully saturated rings. The first-order valence-electron chi connectivity index (χ1n) is 8.33. The minimum atomic E-state index is 0.459. The van der Waals surface area contributed by atoms with Crippen LogP contribution in [0, 0.1) is 0 Å². The molecule has 0 aliphatic carbocycles. The maximum Gasteiger partial charge on any atom is 0.150 e. The summed E-state index contributed by atoms with van der Waals surface area (Å²) in [6.07, 6.45) is 0.805. The standard InChI is InChI=1S/C20H24O5/c21-16-18-6-8-20(9-7-18)25-15-14-23-11-10-22-12-13-24-17-19-4-2-1-3-5-19/h1-9,16H,10-15,17H2. The van der Waals surface area contributed by atoms with Crippen molar-refractivity contribution in [3.8, 4) is 5.75 Å². The highest BCUT2D eigenvalue weighted by Gasteiger charge is 1.96. The van der Waals surface area contributed by atoms with Crippen LogP contribution < -0.4 is 4.74 Å². The molecule has 0 radical (unpaired) electrons. The molecule has 25 heavy (non-hydrogen) atoms. The highest BCUT2D eigenvalue weighted by atomic mass is 16.6. The summed E-state index contributed by atoms with van der Waals surface area (Å²) < 4.78 is 21.9. The average Bonchev–Trinajstić information content (AvgIpc) is 2.67. The fraction of sp³-hybridized carbons (Fsp3) is 0.350. The van der Waals surface area contributed by atoms with Gasteiger partial charge < -0.3 is 18.9 Å². The minimum absolute atomic E-state index is 0.459. The highest BCUT2D eigenvalue weighted by Crippen LogP contribution is 2.10. The molecule has 5 nitrogen and oxygen atoms in total. The number of ether oxygens (including phenoxy) is 4. The second kappa shape index (κ2) is 12.2. The van der Waals surface area contributed by atoms with Crippen LogP contribution in [0.2, 0.25) is 0 Å². The second-order valence-corrected chi connectivity index (χ2v) is 5.30. The van der Waals surface area contributed by atoms with E-state index in [0.717, 1.165) is 17.6 Å². The zero-order chi connectivity index (χ0) is 17.6. The molecule has 0 aliphatic rings. The maximum atomic E-state index is 10.5. The first-order valence-corrected chi connectivity index (χ1v) is 8.33. The third-order valence-corrected chi connectivity index (χ3v) is 3.37. The molecule has 0 spiro atoms. The number of hydrogen-bond donors (Lipinski definition) is 0. The third-order valence-electron chi connectivity index (χ3n) is 3.37. The van der Waals surface area contributed by atoms with Gasteiger partial charge in [0.05, 0.1) is 39.6 Å². The molecule has 5 heteroatoms. The number of rotatable bonds is 13. The molecule has 0 heterocycles. The summed E-state index contributed by atoms with van der Waals surface area (Å²) >= 11 is 0. The predicted octanol–water partition coefficient (Wildman–Crippen LogP) is 3.13. The number of aldehydes is 1. The monoisotopic (exact) mass is 344 g/mol. The number of carbonyl (C=O) groups is 1. The molecule has 2 aromatic rings. The molecule has 0 aliphatic heterocycles. The Balaban J connectivity index is 1.37. The third kappa shape index (κ3) is 8.44. The van der Waals surface area contributed by atoms with Gasteiger partial charge in [-0.2, -0.15) is 0 Å². The van der Waals surface area contributed by atoms with Crippen molar-refractivity contribution in [1.82, 2.24) is 0 Å². The van der Waals surface area contributed by atoms with E-state index in [0.29, 0.717) is 51.8 Å². The molecule has 0 saturated heterocycles. The molecule has 0 saturated carbocycles. The number of benzene rings is 2. The van der Waals surface area contributed by atoms with E-state index in [2.05, 4.69) is 0 Å². The van der Waals surface area contributed by atoms with Gasteiger partial charge in [-0.15, -0.1) is 0 Å². The van der Waals surface area contributed by atoms with E-state index < -0.39 is 0 Å². The summed E-state index contributed by atoms with van der Waals surface area (Å²) in [5.74, 6) is 0.723. The van der Waals surface area contributed by atoms with Gasteiger partial charge in [0, 0.05) is 5.56 Å². The van der Waals surface area contributed by atoms with Crippen LogP contribution in [-0.2, 0) is 20.8 Å². The lowest BCUT2D eigenvalue weighted by molar-refractivity contribution is 0.00597. The lowest BCUT2D eigenvalue weighted by atomic mass is 10.2. The van der Waals surface area contributed by atoms with E-state index in [1.165, 1.54) is 0 Å². The second-order valence-electron chi connectivity index (χ2n) is 5.30. The molecule has 134 valence electrons. The van der Waals surface area contributed by atoms with E-state index in [1.54, 1.807) is 24.3 Å². The van der Waals surface area contributed by atoms with Gasteiger partial charge in [-0.3, -0.25) is 4.79 Å². The van der Waals surface area contributed by atoms with Gasteiger partial charge >= 0.3 is 0 Å². The van der Waals surface area contributed by atoms with Crippen LogP contribution in [-0.4, -0.2) is 45.9 Å². The van der Waals surface area contributed by atoms with Crippen molar-refractivity contribution >= 4 is 6.29 Å². The van der Waals surface area contributed by atoms with E-state index in [9.17, 15) is 4.79 Å². The van der Waals surface area contributed by atoms with Gasteiger partial charge in [0.25, 0.3) is 0 Å². The maximum absolute atomic E-state index is 10.5. The molecule has 2 aromatic carbocycles. The van der Waals surface area contributed by atoms with Crippen LogP contribution in [0.5, 0.6) is 5.75 Å². The zero-order valence-corrected chi connectivity index (χ0v) is 14.3. The van der Waals surface area contributed by atoms with Crippen molar-refractivity contribution in [2.75, 3.05) is 39.6 Å². The summed E-state index contributed by atoms with van der Waals surface area (Å²) in [4.78, 5) is 10.5. The lowest BCUT2D eigenvalue weighted by Crippen LogP contribution is -2.12. The fourth-order valence-corrected chi connectivity index (χ4v) is 2.07. The van der Waals surface area contributed by atoms with Crippen LogP contribution in [0.25, 0.3) is 0 Å². The van der Waals surface area contributed by atoms with Gasteiger partial charge in [0.15, 0.2) is 0 Å². The van der Waals surface area contributed by atoms with E-state index >= 15 is 0 Å². The summed E-state index contributed by atoms with van der Waals surface area (Å²) in [6.45, 7) is 3.72. The smallest absolute Gasteiger partial charge is 0.150 e. The molecule has 2 rings (SSSR count). The molecular formula is C20H24O5. The van der Waals surface area contributed by atoms with Gasteiger partial charge in [0.1, 0.15) is 18.6 Å². The van der Waals surface area contributed by atoms with Crippen molar-refractivity contribution < 1.29 is 23.7 Å². The number of carbonyl (C=O) groups excluding carboxylic acids is 1. The van der Waals surface area contributed by atoms with E-state index in [4.69, 9.17) is 18.9 Å². The first-order chi connectivity index (χ1) is 12.4. The molecule has 0 atom stereocenters. The number of hydrogen-bond acceptors (Lipinski definition) is 5. The predicted molar refractivity (Wildman–Crippen MR) is 95.1 cm³/mol. The largest absolute Gasteiger partial charge is 0.491 e. The van der Waals surface area contributed by atoms with Gasteiger partial charge in [-0.05, 0) is 29.8 Å².